The molecule has 0 saturated heterocycles. The minimum Gasteiger partial charge on any atom is -0.368 e. The van der Waals surface area contributed by atoms with Crippen LogP contribution in [0, 0.1) is 5.92 Å². The van der Waals surface area contributed by atoms with Crippen LogP contribution < -0.4 is 11.1 Å². The molecule has 0 radical (unpaired) electrons. The van der Waals surface area contributed by atoms with E-state index in [4.69, 9.17) is 5.73 Å². The first-order valence-corrected chi connectivity index (χ1v) is 5.60. The van der Waals surface area contributed by atoms with Crippen molar-refractivity contribution in [3.05, 3.63) is 0 Å². The fourth-order valence-electron chi connectivity index (χ4n) is 1.40. The van der Waals surface area contributed by atoms with E-state index in [9.17, 15) is 4.79 Å². The van der Waals surface area contributed by atoms with Crippen LogP contribution in [0.25, 0.3) is 0 Å². The molecule has 0 saturated carbocycles. The minimum absolute atomic E-state index is 0.144. The van der Waals surface area contributed by atoms with Gasteiger partial charge in [-0.3, -0.25) is 4.79 Å². The fourth-order valence-corrected chi connectivity index (χ4v) is 1.40. The van der Waals surface area contributed by atoms with E-state index in [0.29, 0.717) is 0 Å². The van der Waals surface area contributed by atoms with Crippen molar-refractivity contribution in [2.75, 3.05) is 6.54 Å². The van der Waals surface area contributed by atoms with Crippen LogP contribution in [-0.4, -0.2) is 18.5 Å². The van der Waals surface area contributed by atoms with Crippen molar-refractivity contribution in [2.45, 2.75) is 52.5 Å². The molecule has 0 fully saturated rings. The molecule has 0 aromatic rings. The number of nitrogens with two attached hydrogens (primary N) is 1. The van der Waals surface area contributed by atoms with Crippen molar-refractivity contribution in [3.8, 4) is 0 Å². The first-order chi connectivity index (χ1) is 6.57. The molecule has 84 valence electrons. The Balaban J connectivity index is 3.38. The molecule has 1 unspecified atom stereocenters. The monoisotopic (exact) mass is 200 g/mol. The lowest BCUT2D eigenvalue weighted by molar-refractivity contribution is -0.120. The lowest BCUT2D eigenvalue weighted by Gasteiger charge is -2.13. The normalized spacial score (nSPS) is 13.1. The molecule has 3 N–H and O–H groups in total. The molecule has 3 nitrogen and oxygen atoms in total. The van der Waals surface area contributed by atoms with Crippen LogP contribution in [0.4, 0.5) is 0 Å². The van der Waals surface area contributed by atoms with E-state index in [1.165, 1.54) is 12.8 Å². The summed E-state index contributed by atoms with van der Waals surface area (Å²) >= 11 is 0. The summed E-state index contributed by atoms with van der Waals surface area (Å²) in [5.74, 6) is 0.532. The van der Waals surface area contributed by atoms with Crippen molar-refractivity contribution in [1.82, 2.24) is 5.32 Å². The number of hydrogen-bond acceptors (Lipinski definition) is 2. The molecule has 0 aliphatic rings. The first kappa shape index (κ1) is 13.4. The third-order valence-electron chi connectivity index (χ3n) is 2.35. The summed E-state index contributed by atoms with van der Waals surface area (Å²) in [5, 5.41) is 3.17. The van der Waals surface area contributed by atoms with Gasteiger partial charge in [0.2, 0.25) is 5.91 Å². The highest BCUT2D eigenvalue weighted by Crippen LogP contribution is 2.05. The van der Waals surface area contributed by atoms with Crippen molar-refractivity contribution >= 4 is 5.91 Å². The Morgan fingerprint density at radius 1 is 1.36 bits per heavy atom. The molecule has 0 aromatic heterocycles. The number of rotatable bonds is 8. The summed E-state index contributed by atoms with van der Waals surface area (Å²) in [7, 11) is 0. The van der Waals surface area contributed by atoms with Gasteiger partial charge in [-0.1, -0.05) is 33.6 Å². The van der Waals surface area contributed by atoms with Crippen LogP contribution in [0.2, 0.25) is 0 Å². The van der Waals surface area contributed by atoms with E-state index >= 15 is 0 Å². The number of nitrogens with one attached hydrogen (secondary N) is 1. The summed E-state index contributed by atoms with van der Waals surface area (Å²) in [5.41, 5.74) is 5.21. The summed E-state index contributed by atoms with van der Waals surface area (Å²) in [6.45, 7) is 7.32. The van der Waals surface area contributed by atoms with E-state index in [2.05, 4.69) is 19.2 Å². The van der Waals surface area contributed by atoms with Gasteiger partial charge in [-0.2, -0.15) is 0 Å². The van der Waals surface area contributed by atoms with Gasteiger partial charge in [0.25, 0.3) is 0 Å². The average molecular weight is 200 g/mol. The molecule has 1 atom stereocenters. The Morgan fingerprint density at radius 3 is 2.43 bits per heavy atom. The predicted octanol–water partition coefficient (Wildman–Crippen LogP) is 1.67. The zero-order valence-electron chi connectivity index (χ0n) is 9.68. The second-order valence-electron chi connectivity index (χ2n) is 4.21. The van der Waals surface area contributed by atoms with Crippen LogP contribution in [0.3, 0.4) is 0 Å². The van der Waals surface area contributed by atoms with Gasteiger partial charge < -0.3 is 11.1 Å². The number of carbonyl (C=O) groups is 1. The van der Waals surface area contributed by atoms with Gasteiger partial charge in [-0.05, 0) is 25.3 Å². The summed E-state index contributed by atoms with van der Waals surface area (Å²) in [6, 6.07) is -0.144. The molecule has 0 aliphatic heterocycles. The molecule has 1 amide bonds. The third-order valence-corrected chi connectivity index (χ3v) is 2.35. The Kier molecular flexibility index (Phi) is 7.48. The van der Waals surface area contributed by atoms with Crippen molar-refractivity contribution in [2.24, 2.45) is 11.7 Å². The number of unbranched alkanes of at least 4 members (excludes halogenated alkanes) is 1. The number of amides is 1. The lowest BCUT2D eigenvalue weighted by atomic mass is 10.1. The number of hydrogen-bond donors (Lipinski definition) is 2. The topological polar surface area (TPSA) is 55.1 Å². The first-order valence-electron chi connectivity index (χ1n) is 5.60. The standard InChI is InChI=1S/C11H24N2O/c1-4-10(11(12)14)13-8-6-5-7-9(2)3/h9-10,13H,4-8H2,1-3H3,(H2,12,14). The Hall–Kier alpha value is -0.570. The maximum atomic E-state index is 10.9. The van der Waals surface area contributed by atoms with Gasteiger partial charge >= 0.3 is 0 Å². The summed E-state index contributed by atoms with van der Waals surface area (Å²) < 4.78 is 0. The van der Waals surface area contributed by atoms with Crippen molar-refractivity contribution in [3.63, 3.8) is 0 Å². The lowest BCUT2D eigenvalue weighted by Crippen LogP contribution is -2.41. The number of primary amides is 1. The molecule has 0 rings (SSSR count). The van der Waals surface area contributed by atoms with Gasteiger partial charge in [0.05, 0.1) is 6.04 Å². The molecular formula is C11H24N2O. The maximum absolute atomic E-state index is 10.9. The Bertz CT molecular complexity index is 157. The van der Waals surface area contributed by atoms with Crippen LogP contribution in [-0.2, 0) is 4.79 Å². The molecule has 0 heterocycles. The van der Waals surface area contributed by atoms with Crippen molar-refractivity contribution < 1.29 is 4.79 Å². The Labute approximate surface area is 87.4 Å². The highest BCUT2D eigenvalue weighted by molar-refractivity contribution is 5.79. The van der Waals surface area contributed by atoms with Crippen LogP contribution in [0.1, 0.15) is 46.5 Å². The molecule has 0 spiro atoms. The number of carbonyl (C=O) groups excluding carboxylic acids is 1. The second-order valence-corrected chi connectivity index (χ2v) is 4.21. The van der Waals surface area contributed by atoms with E-state index in [-0.39, 0.29) is 11.9 Å². The van der Waals surface area contributed by atoms with Crippen molar-refractivity contribution in [1.29, 1.82) is 0 Å². The van der Waals surface area contributed by atoms with Gasteiger partial charge in [0.1, 0.15) is 0 Å². The minimum atomic E-state index is -0.239. The quantitative estimate of drug-likeness (QED) is 0.586. The predicted molar refractivity (Wildman–Crippen MR) is 60.0 cm³/mol. The van der Waals surface area contributed by atoms with Crippen LogP contribution >= 0.6 is 0 Å². The Morgan fingerprint density at radius 2 is 2.00 bits per heavy atom. The van der Waals surface area contributed by atoms with Gasteiger partial charge in [-0.15, -0.1) is 0 Å². The zero-order chi connectivity index (χ0) is 11.0. The molecule has 0 bridgehead atoms. The summed E-state index contributed by atoms with van der Waals surface area (Å²) in [6.07, 6.45) is 4.39. The zero-order valence-corrected chi connectivity index (χ0v) is 9.68. The van der Waals surface area contributed by atoms with Gasteiger partial charge in [0, 0.05) is 0 Å². The second kappa shape index (κ2) is 7.80. The third kappa shape index (κ3) is 6.89. The smallest absolute Gasteiger partial charge is 0.234 e. The molecule has 14 heavy (non-hydrogen) atoms. The maximum Gasteiger partial charge on any atom is 0.234 e. The van der Waals surface area contributed by atoms with Gasteiger partial charge in [-0.25, -0.2) is 0 Å². The van der Waals surface area contributed by atoms with Crippen LogP contribution in [0.15, 0.2) is 0 Å². The van der Waals surface area contributed by atoms with Crippen LogP contribution in [0.5, 0.6) is 0 Å². The SMILES string of the molecule is CCC(NCCCCC(C)C)C(N)=O. The van der Waals surface area contributed by atoms with E-state index in [1.807, 2.05) is 6.92 Å². The summed E-state index contributed by atoms with van der Waals surface area (Å²) in [4.78, 5) is 10.9. The highest BCUT2D eigenvalue weighted by atomic mass is 16.1. The fraction of sp³-hybridized carbons (Fsp3) is 0.909. The molecular weight excluding hydrogens is 176 g/mol. The van der Waals surface area contributed by atoms with Gasteiger partial charge in [0.15, 0.2) is 0 Å². The largest absolute Gasteiger partial charge is 0.368 e. The van der Waals surface area contributed by atoms with E-state index in [0.717, 1.165) is 25.3 Å². The van der Waals surface area contributed by atoms with E-state index in [1.54, 1.807) is 0 Å². The average Bonchev–Trinajstić information content (AvgIpc) is 2.10. The molecule has 0 aromatic carbocycles. The molecule has 0 aliphatic carbocycles. The highest BCUT2D eigenvalue weighted by Gasteiger charge is 2.10. The molecule has 3 heteroatoms. The van der Waals surface area contributed by atoms with E-state index < -0.39 is 0 Å².